The highest BCUT2D eigenvalue weighted by Gasteiger charge is 2.28. The number of anilines is 1. The van der Waals surface area contributed by atoms with Crippen molar-refractivity contribution in [1.82, 2.24) is 20.6 Å². The lowest BCUT2D eigenvalue weighted by atomic mass is 10.2. The number of fused-ring (bicyclic) bond motifs is 1. The Hall–Kier alpha value is -4.14. The molecule has 1 unspecified atom stereocenters. The van der Waals surface area contributed by atoms with Crippen LogP contribution in [0.2, 0.25) is 0 Å². The summed E-state index contributed by atoms with van der Waals surface area (Å²) in [7, 11) is 0. The lowest BCUT2D eigenvalue weighted by molar-refractivity contribution is -0.111. The molecule has 0 aliphatic carbocycles. The average molecular weight is 433 g/mol. The summed E-state index contributed by atoms with van der Waals surface area (Å²) in [5.41, 5.74) is 1.51. The molecule has 0 saturated heterocycles. The molecule has 1 amide bonds. The minimum atomic E-state index is -0.517. The minimum Gasteiger partial charge on any atom is -0.494 e. The number of nitrogens with one attached hydrogen (secondary N) is 2. The van der Waals surface area contributed by atoms with Crippen LogP contribution in [0, 0.1) is 0 Å². The van der Waals surface area contributed by atoms with Crippen LogP contribution < -0.4 is 19.5 Å². The fourth-order valence-electron chi connectivity index (χ4n) is 3.00. The largest absolute Gasteiger partial charge is 0.494 e. The van der Waals surface area contributed by atoms with Crippen LogP contribution in [0.5, 0.6) is 17.2 Å². The Bertz CT molecular complexity index is 1090. The molecule has 9 heteroatoms. The maximum absolute atomic E-state index is 12.4. The summed E-state index contributed by atoms with van der Waals surface area (Å²) in [6.45, 7) is 3.02. The van der Waals surface area contributed by atoms with Crippen LogP contribution in [0.25, 0.3) is 6.08 Å². The SMILES string of the molecule is CCCOc1ccc(C=CC=CC(=O)Nc2cccc3c2OC(c2nn[nH]n2)CO3)cc1. The van der Waals surface area contributed by atoms with Crippen LogP contribution in [0.15, 0.2) is 60.7 Å². The van der Waals surface area contributed by atoms with Crippen LogP contribution >= 0.6 is 0 Å². The number of hydrogen-bond acceptors (Lipinski definition) is 7. The molecule has 0 radical (unpaired) electrons. The van der Waals surface area contributed by atoms with Gasteiger partial charge >= 0.3 is 0 Å². The van der Waals surface area contributed by atoms with Crippen LogP contribution in [-0.4, -0.2) is 39.7 Å². The van der Waals surface area contributed by atoms with Gasteiger partial charge in [0.05, 0.1) is 12.3 Å². The number of aromatic amines is 1. The zero-order valence-corrected chi connectivity index (χ0v) is 17.5. The van der Waals surface area contributed by atoms with Crippen molar-refractivity contribution >= 4 is 17.7 Å². The van der Waals surface area contributed by atoms with E-state index in [9.17, 15) is 4.79 Å². The normalized spacial score (nSPS) is 15.2. The second-order valence-electron chi connectivity index (χ2n) is 6.95. The van der Waals surface area contributed by atoms with E-state index in [0.29, 0.717) is 29.6 Å². The van der Waals surface area contributed by atoms with E-state index < -0.39 is 6.10 Å². The summed E-state index contributed by atoms with van der Waals surface area (Å²) < 4.78 is 17.2. The molecule has 1 aliphatic heterocycles. The lowest BCUT2D eigenvalue weighted by Gasteiger charge is -2.26. The Morgan fingerprint density at radius 1 is 1.25 bits per heavy atom. The van der Waals surface area contributed by atoms with Gasteiger partial charge in [-0.3, -0.25) is 4.79 Å². The molecule has 0 fully saturated rings. The van der Waals surface area contributed by atoms with E-state index in [2.05, 4.69) is 32.9 Å². The Balaban J connectivity index is 1.35. The van der Waals surface area contributed by atoms with Crippen LogP contribution in [0.4, 0.5) is 5.69 Å². The number of nitrogens with zero attached hydrogens (tertiary/aromatic N) is 3. The van der Waals surface area contributed by atoms with Gasteiger partial charge in [-0.25, -0.2) is 0 Å². The molecule has 2 heterocycles. The first-order valence-corrected chi connectivity index (χ1v) is 10.3. The summed E-state index contributed by atoms with van der Waals surface area (Å²) in [4.78, 5) is 12.4. The third kappa shape index (κ3) is 5.31. The number of H-pyrrole nitrogens is 1. The Morgan fingerprint density at radius 2 is 2.12 bits per heavy atom. The molecule has 2 aromatic carbocycles. The van der Waals surface area contributed by atoms with Gasteiger partial charge < -0.3 is 19.5 Å². The lowest BCUT2D eigenvalue weighted by Crippen LogP contribution is -2.24. The van der Waals surface area contributed by atoms with E-state index in [0.717, 1.165) is 17.7 Å². The Labute approximate surface area is 185 Å². The molecule has 2 N–H and O–H groups in total. The summed E-state index contributed by atoms with van der Waals surface area (Å²) >= 11 is 0. The molecule has 4 rings (SSSR count). The van der Waals surface area contributed by atoms with Gasteiger partial charge in [0.15, 0.2) is 17.6 Å². The maximum Gasteiger partial charge on any atom is 0.248 e. The third-order valence-electron chi connectivity index (χ3n) is 4.54. The zero-order chi connectivity index (χ0) is 22.2. The summed E-state index contributed by atoms with van der Waals surface area (Å²) in [5, 5.41) is 16.6. The van der Waals surface area contributed by atoms with Crippen molar-refractivity contribution in [3.8, 4) is 17.2 Å². The van der Waals surface area contributed by atoms with Gasteiger partial charge in [-0.1, -0.05) is 48.6 Å². The number of ether oxygens (including phenoxy) is 3. The van der Waals surface area contributed by atoms with Crippen LogP contribution in [-0.2, 0) is 4.79 Å². The highest BCUT2D eigenvalue weighted by molar-refractivity contribution is 6.00. The van der Waals surface area contributed by atoms with Crippen molar-refractivity contribution in [3.63, 3.8) is 0 Å². The molecule has 164 valence electrons. The van der Waals surface area contributed by atoms with Gasteiger partial charge in [0.25, 0.3) is 0 Å². The first-order valence-electron chi connectivity index (χ1n) is 10.3. The predicted octanol–water partition coefficient (Wildman–Crippen LogP) is 3.71. The number of aromatic nitrogens is 4. The molecular weight excluding hydrogens is 410 g/mol. The number of rotatable bonds is 8. The van der Waals surface area contributed by atoms with Crippen molar-refractivity contribution in [2.45, 2.75) is 19.4 Å². The van der Waals surface area contributed by atoms with Gasteiger partial charge in [-0.15, -0.1) is 10.2 Å². The number of benzene rings is 2. The van der Waals surface area contributed by atoms with Gasteiger partial charge in [-0.05, 0) is 36.2 Å². The fourth-order valence-corrected chi connectivity index (χ4v) is 3.00. The first-order chi connectivity index (χ1) is 15.7. The van der Waals surface area contributed by atoms with E-state index in [-0.39, 0.29) is 12.5 Å². The van der Waals surface area contributed by atoms with Gasteiger partial charge in [0.2, 0.25) is 11.7 Å². The second-order valence-corrected chi connectivity index (χ2v) is 6.95. The topological polar surface area (TPSA) is 111 Å². The number of para-hydroxylation sites is 1. The highest BCUT2D eigenvalue weighted by Crippen LogP contribution is 2.41. The quantitative estimate of drug-likeness (QED) is 0.411. The predicted molar refractivity (Wildman–Crippen MR) is 119 cm³/mol. The highest BCUT2D eigenvalue weighted by atomic mass is 16.6. The van der Waals surface area contributed by atoms with E-state index in [1.165, 1.54) is 6.08 Å². The molecule has 0 bridgehead atoms. The molecule has 32 heavy (non-hydrogen) atoms. The van der Waals surface area contributed by atoms with Crippen molar-refractivity contribution in [2.24, 2.45) is 0 Å². The standard InChI is InChI=1S/C23H23N5O4/c1-2-14-30-17-12-10-16(11-13-17)6-3-4-9-21(29)24-18-7-5-8-19-22(18)32-20(15-31-19)23-25-27-28-26-23/h3-13,20H,2,14-15H2,1H3,(H,24,29)(H,25,26,27,28). The first kappa shape index (κ1) is 21.1. The van der Waals surface area contributed by atoms with Gasteiger partial charge in [0.1, 0.15) is 12.4 Å². The summed E-state index contributed by atoms with van der Waals surface area (Å²) in [6, 6.07) is 13.1. The summed E-state index contributed by atoms with van der Waals surface area (Å²) in [6.07, 6.45) is 7.27. The molecule has 0 spiro atoms. The maximum atomic E-state index is 12.4. The number of amides is 1. The van der Waals surface area contributed by atoms with E-state index in [4.69, 9.17) is 14.2 Å². The Morgan fingerprint density at radius 3 is 2.91 bits per heavy atom. The molecular formula is C23H23N5O4. The molecule has 1 aromatic heterocycles. The average Bonchev–Trinajstić information content (AvgIpc) is 3.36. The fraction of sp³-hybridized carbons (Fsp3) is 0.217. The molecule has 1 atom stereocenters. The van der Waals surface area contributed by atoms with Gasteiger partial charge in [0, 0.05) is 6.08 Å². The van der Waals surface area contributed by atoms with E-state index in [1.807, 2.05) is 30.3 Å². The van der Waals surface area contributed by atoms with Crippen molar-refractivity contribution in [3.05, 3.63) is 72.1 Å². The van der Waals surface area contributed by atoms with Crippen molar-refractivity contribution in [2.75, 3.05) is 18.5 Å². The molecule has 3 aromatic rings. The van der Waals surface area contributed by atoms with Crippen molar-refractivity contribution < 1.29 is 19.0 Å². The smallest absolute Gasteiger partial charge is 0.248 e. The number of tetrazole rings is 1. The number of hydrogen-bond donors (Lipinski definition) is 2. The van der Waals surface area contributed by atoms with Crippen LogP contribution in [0.1, 0.15) is 30.8 Å². The molecule has 0 saturated carbocycles. The third-order valence-corrected chi connectivity index (χ3v) is 4.54. The van der Waals surface area contributed by atoms with E-state index >= 15 is 0 Å². The van der Waals surface area contributed by atoms with Gasteiger partial charge in [-0.2, -0.15) is 5.21 Å². The number of carbonyl (C=O) groups excluding carboxylic acids is 1. The van der Waals surface area contributed by atoms with E-state index in [1.54, 1.807) is 30.4 Å². The number of allylic oxidation sites excluding steroid dienone is 2. The molecule has 1 aliphatic rings. The van der Waals surface area contributed by atoms with Crippen molar-refractivity contribution in [1.29, 1.82) is 0 Å². The minimum absolute atomic E-state index is 0.250. The summed E-state index contributed by atoms with van der Waals surface area (Å²) in [5.74, 6) is 1.90. The second kappa shape index (κ2) is 10.3. The molecule has 9 nitrogen and oxygen atoms in total. The van der Waals surface area contributed by atoms with Crippen LogP contribution in [0.3, 0.4) is 0 Å². The zero-order valence-electron chi connectivity index (χ0n) is 17.5. The monoisotopic (exact) mass is 433 g/mol. The number of carbonyl (C=O) groups is 1. The Kier molecular flexibility index (Phi) is 6.76.